The Morgan fingerprint density at radius 1 is 1.43 bits per heavy atom. The van der Waals surface area contributed by atoms with Crippen LogP contribution in [0.4, 0.5) is 10.1 Å². The second kappa shape index (κ2) is 6.42. The molecule has 114 valence electrons. The quantitative estimate of drug-likeness (QED) is 0.794. The van der Waals surface area contributed by atoms with Crippen molar-refractivity contribution >= 4 is 27.0 Å². The van der Waals surface area contributed by atoms with Gasteiger partial charge in [0.1, 0.15) is 0 Å². The standard InChI is InChI=1S/C13H15FN2O3S2/c1-19-13-11(14)7-10(8-12(13)15)21(17,18)16-5-4-9-3-2-6-20-9/h2-3,6-8,16H,4-5,15H2,1H3. The van der Waals surface area contributed by atoms with Gasteiger partial charge in [0.2, 0.25) is 10.0 Å². The monoisotopic (exact) mass is 330 g/mol. The van der Waals surface area contributed by atoms with E-state index in [1.165, 1.54) is 13.2 Å². The van der Waals surface area contributed by atoms with Crippen LogP contribution in [0.1, 0.15) is 4.88 Å². The lowest BCUT2D eigenvalue weighted by Crippen LogP contribution is -2.26. The Morgan fingerprint density at radius 3 is 2.76 bits per heavy atom. The molecule has 0 bridgehead atoms. The van der Waals surface area contributed by atoms with Gasteiger partial charge in [-0.3, -0.25) is 0 Å². The van der Waals surface area contributed by atoms with E-state index in [4.69, 9.17) is 10.5 Å². The van der Waals surface area contributed by atoms with Gasteiger partial charge < -0.3 is 10.5 Å². The molecule has 0 aliphatic rings. The number of benzene rings is 1. The summed E-state index contributed by atoms with van der Waals surface area (Å²) in [6, 6.07) is 5.89. The second-order valence-electron chi connectivity index (χ2n) is 4.25. The van der Waals surface area contributed by atoms with Gasteiger partial charge in [-0.1, -0.05) is 6.07 Å². The number of ether oxygens (including phenoxy) is 1. The zero-order valence-corrected chi connectivity index (χ0v) is 12.9. The van der Waals surface area contributed by atoms with Crippen molar-refractivity contribution in [3.63, 3.8) is 0 Å². The summed E-state index contributed by atoms with van der Waals surface area (Å²) in [5.74, 6) is -0.969. The molecule has 1 aromatic carbocycles. The first-order chi connectivity index (χ1) is 9.94. The summed E-state index contributed by atoms with van der Waals surface area (Å²) in [5.41, 5.74) is 5.52. The van der Waals surface area contributed by atoms with Crippen LogP contribution >= 0.6 is 11.3 Å². The highest BCUT2D eigenvalue weighted by atomic mass is 32.2. The molecule has 8 heteroatoms. The average molecular weight is 330 g/mol. The first-order valence-corrected chi connectivity index (χ1v) is 8.45. The molecule has 0 unspecified atom stereocenters. The van der Waals surface area contributed by atoms with E-state index >= 15 is 0 Å². The van der Waals surface area contributed by atoms with Crippen LogP contribution in [0.25, 0.3) is 0 Å². The molecule has 0 fully saturated rings. The van der Waals surface area contributed by atoms with Gasteiger partial charge in [-0.25, -0.2) is 17.5 Å². The van der Waals surface area contributed by atoms with Crippen molar-refractivity contribution in [2.24, 2.45) is 0 Å². The van der Waals surface area contributed by atoms with E-state index in [9.17, 15) is 12.8 Å². The van der Waals surface area contributed by atoms with Crippen LogP contribution in [0.5, 0.6) is 5.75 Å². The molecule has 3 N–H and O–H groups in total. The normalized spacial score (nSPS) is 11.5. The molecule has 1 heterocycles. The number of nitrogens with one attached hydrogen (secondary N) is 1. The molecule has 0 saturated carbocycles. The predicted molar refractivity (Wildman–Crippen MR) is 80.6 cm³/mol. The van der Waals surface area contributed by atoms with Crippen molar-refractivity contribution in [1.82, 2.24) is 4.72 Å². The second-order valence-corrected chi connectivity index (χ2v) is 7.05. The predicted octanol–water partition coefficient (Wildman–Crippen LogP) is 2.00. The zero-order chi connectivity index (χ0) is 15.5. The Kier molecular flexibility index (Phi) is 4.81. The Labute approximate surface area is 126 Å². The Morgan fingerprint density at radius 2 is 2.19 bits per heavy atom. The van der Waals surface area contributed by atoms with Crippen LogP contribution in [0, 0.1) is 5.82 Å². The fourth-order valence-electron chi connectivity index (χ4n) is 1.81. The smallest absolute Gasteiger partial charge is 0.240 e. The first kappa shape index (κ1) is 15.7. The highest BCUT2D eigenvalue weighted by Gasteiger charge is 2.18. The maximum absolute atomic E-state index is 13.7. The van der Waals surface area contributed by atoms with E-state index < -0.39 is 15.8 Å². The van der Waals surface area contributed by atoms with Crippen molar-refractivity contribution in [2.45, 2.75) is 11.3 Å². The SMILES string of the molecule is COc1c(N)cc(S(=O)(=O)NCCc2cccs2)cc1F. The van der Waals surface area contributed by atoms with Crippen molar-refractivity contribution in [3.8, 4) is 5.75 Å². The molecular weight excluding hydrogens is 315 g/mol. The summed E-state index contributed by atoms with van der Waals surface area (Å²) in [5, 5.41) is 1.92. The summed E-state index contributed by atoms with van der Waals surface area (Å²) in [7, 11) is -2.54. The Bertz CT molecular complexity index is 692. The number of halogens is 1. The number of hydrogen-bond acceptors (Lipinski definition) is 5. The summed E-state index contributed by atoms with van der Waals surface area (Å²) >= 11 is 1.55. The lowest BCUT2D eigenvalue weighted by molar-refractivity contribution is 0.388. The summed E-state index contributed by atoms with van der Waals surface area (Å²) < 4.78 is 45.1. The van der Waals surface area contributed by atoms with Gasteiger partial charge >= 0.3 is 0 Å². The van der Waals surface area contributed by atoms with E-state index in [-0.39, 0.29) is 22.9 Å². The third kappa shape index (κ3) is 3.72. The summed E-state index contributed by atoms with van der Waals surface area (Å²) in [6.45, 7) is 0.233. The fourth-order valence-corrected chi connectivity index (χ4v) is 3.59. The molecule has 0 aliphatic carbocycles. The molecule has 5 nitrogen and oxygen atoms in total. The topological polar surface area (TPSA) is 81.4 Å². The van der Waals surface area contributed by atoms with E-state index in [0.717, 1.165) is 10.9 Å². The van der Waals surface area contributed by atoms with Crippen molar-refractivity contribution < 1.29 is 17.5 Å². The fraction of sp³-hybridized carbons (Fsp3) is 0.231. The zero-order valence-electron chi connectivity index (χ0n) is 11.3. The van der Waals surface area contributed by atoms with E-state index in [0.29, 0.717) is 6.42 Å². The maximum Gasteiger partial charge on any atom is 0.240 e. The van der Waals surface area contributed by atoms with Crippen LogP contribution in [0.2, 0.25) is 0 Å². The highest BCUT2D eigenvalue weighted by Crippen LogP contribution is 2.28. The number of anilines is 1. The molecule has 2 aromatic rings. The summed E-state index contributed by atoms with van der Waals surface area (Å²) in [6.07, 6.45) is 0.574. The number of hydrogen-bond donors (Lipinski definition) is 2. The van der Waals surface area contributed by atoms with Crippen LogP contribution < -0.4 is 15.2 Å². The van der Waals surface area contributed by atoms with Gasteiger partial charge in [0.05, 0.1) is 17.7 Å². The van der Waals surface area contributed by atoms with Gasteiger partial charge in [0.15, 0.2) is 11.6 Å². The molecule has 0 radical (unpaired) electrons. The van der Waals surface area contributed by atoms with Gasteiger partial charge in [0, 0.05) is 11.4 Å². The summed E-state index contributed by atoms with van der Waals surface area (Å²) in [4.78, 5) is 0.850. The van der Waals surface area contributed by atoms with Crippen LogP contribution in [0.15, 0.2) is 34.5 Å². The lowest BCUT2D eigenvalue weighted by atomic mass is 10.3. The number of rotatable bonds is 6. The highest BCUT2D eigenvalue weighted by molar-refractivity contribution is 7.89. The lowest BCUT2D eigenvalue weighted by Gasteiger charge is -2.10. The number of methoxy groups -OCH3 is 1. The number of nitrogens with two attached hydrogens (primary N) is 1. The number of sulfonamides is 1. The molecule has 0 amide bonds. The average Bonchev–Trinajstić information content (AvgIpc) is 2.91. The molecule has 0 spiro atoms. The maximum atomic E-state index is 13.7. The molecule has 21 heavy (non-hydrogen) atoms. The third-order valence-corrected chi connectivity index (χ3v) is 5.18. The van der Waals surface area contributed by atoms with Crippen molar-refractivity contribution in [1.29, 1.82) is 0 Å². The van der Waals surface area contributed by atoms with Crippen LogP contribution in [-0.4, -0.2) is 22.1 Å². The van der Waals surface area contributed by atoms with Crippen molar-refractivity contribution in [2.75, 3.05) is 19.4 Å². The van der Waals surface area contributed by atoms with Gasteiger partial charge in [-0.05, 0) is 30.0 Å². The minimum atomic E-state index is -3.80. The minimum absolute atomic E-state index is 0.0591. The largest absolute Gasteiger partial charge is 0.492 e. The van der Waals surface area contributed by atoms with Crippen LogP contribution in [-0.2, 0) is 16.4 Å². The van der Waals surface area contributed by atoms with Crippen molar-refractivity contribution in [3.05, 3.63) is 40.3 Å². The van der Waals surface area contributed by atoms with Gasteiger partial charge in [0.25, 0.3) is 0 Å². The Hall–Kier alpha value is -1.64. The third-order valence-electron chi connectivity index (χ3n) is 2.80. The Balaban J connectivity index is 2.12. The van der Waals surface area contributed by atoms with Gasteiger partial charge in [-0.15, -0.1) is 11.3 Å². The van der Waals surface area contributed by atoms with E-state index in [1.807, 2.05) is 17.5 Å². The van der Waals surface area contributed by atoms with Crippen LogP contribution in [0.3, 0.4) is 0 Å². The van der Waals surface area contributed by atoms with E-state index in [2.05, 4.69) is 4.72 Å². The first-order valence-electron chi connectivity index (χ1n) is 6.09. The van der Waals surface area contributed by atoms with Gasteiger partial charge in [-0.2, -0.15) is 0 Å². The number of thiophene rings is 1. The molecule has 0 saturated heterocycles. The molecule has 0 aliphatic heterocycles. The molecule has 2 rings (SSSR count). The molecule has 0 atom stereocenters. The minimum Gasteiger partial charge on any atom is -0.492 e. The molecular formula is C13H15FN2O3S2. The van der Waals surface area contributed by atoms with E-state index in [1.54, 1.807) is 11.3 Å². The number of nitrogen functional groups attached to an aromatic ring is 1. The molecule has 1 aromatic heterocycles.